The fourth-order valence-electron chi connectivity index (χ4n) is 1.80. The van der Waals surface area contributed by atoms with Gasteiger partial charge in [-0.25, -0.2) is 8.78 Å². The van der Waals surface area contributed by atoms with Gasteiger partial charge >= 0.3 is 0 Å². The van der Waals surface area contributed by atoms with Crippen molar-refractivity contribution in [3.63, 3.8) is 0 Å². The van der Waals surface area contributed by atoms with E-state index in [1.807, 2.05) is 14.1 Å². The van der Waals surface area contributed by atoms with E-state index in [9.17, 15) is 8.78 Å². The third kappa shape index (κ3) is 4.70. The molecule has 0 amide bonds. The maximum Gasteiger partial charge on any atom is 0.159 e. The largest absolute Gasteiger partial charge is 0.308 e. The first-order chi connectivity index (χ1) is 8.40. The van der Waals surface area contributed by atoms with Gasteiger partial charge in [-0.1, -0.05) is 19.9 Å². The van der Waals surface area contributed by atoms with Gasteiger partial charge in [0.2, 0.25) is 0 Å². The molecular formula is C14H22F2N2. The SMILES string of the molecule is CC(C)C(CN(C)C)NCc1ccc(F)c(F)c1. The molecule has 1 aromatic rings. The lowest BCUT2D eigenvalue weighted by Crippen LogP contribution is -2.41. The van der Waals surface area contributed by atoms with Gasteiger partial charge in [0, 0.05) is 19.1 Å². The van der Waals surface area contributed by atoms with Gasteiger partial charge in [0.15, 0.2) is 11.6 Å². The average Bonchev–Trinajstić information content (AvgIpc) is 2.28. The molecular weight excluding hydrogens is 234 g/mol. The molecule has 0 radical (unpaired) electrons. The van der Waals surface area contributed by atoms with E-state index in [-0.39, 0.29) is 0 Å². The van der Waals surface area contributed by atoms with Crippen LogP contribution >= 0.6 is 0 Å². The highest BCUT2D eigenvalue weighted by Crippen LogP contribution is 2.10. The molecule has 4 heteroatoms. The van der Waals surface area contributed by atoms with Crippen molar-refractivity contribution in [1.82, 2.24) is 10.2 Å². The number of nitrogens with one attached hydrogen (secondary N) is 1. The molecule has 0 aliphatic heterocycles. The molecule has 0 saturated carbocycles. The number of likely N-dealkylation sites (N-methyl/N-ethyl adjacent to an activating group) is 1. The Balaban J connectivity index is 2.58. The number of nitrogens with zero attached hydrogens (tertiary/aromatic N) is 1. The van der Waals surface area contributed by atoms with E-state index in [1.54, 1.807) is 6.07 Å². The average molecular weight is 256 g/mol. The fraction of sp³-hybridized carbons (Fsp3) is 0.571. The van der Waals surface area contributed by atoms with Crippen LogP contribution in [0.5, 0.6) is 0 Å². The lowest BCUT2D eigenvalue weighted by atomic mass is 10.0. The minimum Gasteiger partial charge on any atom is -0.308 e. The predicted molar refractivity (Wildman–Crippen MR) is 70.4 cm³/mol. The van der Waals surface area contributed by atoms with Crippen LogP contribution in [-0.2, 0) is 6.54 Å². The molecule has 0 aromatic heterocycles. The maximum absolute atomic E-state index is 13.1. The van der Waals surface area contributed by atoms with E-state index in [2.05, 4.69) is 24.1 Å². The van der Waals surface area contributed by atoms with E-state index in [0.29, 0.717) is 18.5 Å². The van der Waals surface area contributed by atoms with E-state index in [0.717, 1.165) is 12.1 Å². The molecule has 0 fully saturated rings. The summed E-state index contributed by atoms with van der Waals surface area (Å²) < 4.78 is 25.9. The van der Waals surface area contributed by atoms with Crippen LogP contribution in [0.25, 0.3) is 0 Å². The highest BCUT2D eigenvalue weighted by Gasteiger charge is 2.13. The third-order valence-electron chi connectivity index (χ3n) is 2.92. The van der Waals surface area contributed by atoms with Crippen molar-refractivity contribution in [3.8, 4) is 0 Å². The number of halogens is 2. The van der Waals surface area contributed by atoms with Crippen molar-refractivity contribution in [3.05, 3.63) is 35.4 Å². The van der Waals surface area contributed by atoms with Crippen molar-refractivity contribution in [2.24, 2.45) is 5.92 Å². The molecule has 0 heterocycles. The van der Waals surface area contributed by atoms with Crippen LogP contribution in [0.15, 0.2) is 18.2 Å². The second-order valence-electron chi connectivity index (χ2n) is 5.24. The van der Waals surface area contributed by atoms with Gasteiger partial charge in [-0.2, -0.15) is 0 Å². The Labute approximate surface area is 108 Å². The second kappa shape index (κ2) is 6.81. The molecule has 2 nitrogen and oxygen atoms in total. The van der Waals surface area contributed by atoms with E-state index >= 15 is 0 Å². The Hall–Kier alpha value is -1.00. The van der Waals surface area contributed by atoms with Crippen LogP contribution in [0, 0.1) is 17.6 Å². The Bertz CT molecular complexity index is 378. The van der Waals surface area contributed by atoms with Gasteiger partial charge in [-0.15, -0.1) is 0 Å². The summed E-state index contributed by atoms with van der Waals surface area (Å²) in [5.74, 6) is -1.10. The van der Waals surface area contributed by atoms with Crippen molar-refractivity contribution in [1.29, 1.82) is 0 Å². The van der Waals surface area contributed by atoms with Crippen LogP contribution < -0.4 is 5.32 Å². The molecule has 102 valence electrons. The summed E-state index contributed by atoms with van der Waals surface area (Å²) in [5, 5.41) is 3.38. The van der Waals surface area contributed by atoms with Gasteiger partial charge in [0.05, 0.1) is 0 Å². The summed E-state index contributed by atoms with van der Waals surface area (Å²) >= 11 is 0. The topological polar surface area (TPSA) is 15.3 Å². The van der Waals surface area contributed by atoms with Crippen LogP contribution in [0.1, 0.15) is 19.4 Å². The highest BCUT2D eigenvalue weighted by atomic mass is 19.2. The minimum absolute atomic E-state index is 0.327. The normalized spacial score (nSPS) is 13.3. The minimum atomic E-state index is -0.799. The molecule has 1 unspecified atom stereocenters. The zero-order chi connectivity index (χ0) is 13.7. The summed E-state index contributed by atoms with van der Waals surface area (Å²) in [6, 6.07) is 4.35. The maximum atomic E-state index is 13.1. The Morgan fingerprint density at radius 3 is 2.33 bits per heavy atom. The Kier molecular flexibility index (Phi) is 5.69. The molecule has 1 rings (SSSR count). The lowest BCUT2D eigenvalue weighted by molar-refractivity contribution is 0.288. The predicted octanol–water partition coefficient (Wildman–Crippen LogP) is 2.64. The van der Waals surface area contributed by atoms with E-state index in [4.69, 9.17) is 0 Å². The molecule has 0 spiro atoms. The van der Waals surface area contributed by atoms with E-state index in [1.165, 1.54) is 12.1 Å². The number of rotatable bonds is 6. The molecule has 1 N–H and O–H groups in total. The molecule has 0 saturated heterocycles. The molecule has 18 heavy (non-hydrogen) atoms. The highest BCUT2D eigenvalue weighted by molar-refractivity contribution is 5.17. The molecule has 0 aliphatic carbocycles. The Morgan fingerprint density at radius 1 is 1.17 bits per heavy atom. The van der Waals surface area contributed by atoms with Gasteiger partial charge in [0.25, 0.3) is 0 Å². The van der Waals surface area contributed by atoms with Crippen molar-refractivity contribution in [2.45, 2.75) is 26.4 Å². The van der Waals surface area contributed by atoms with Crippen LogP contribution in [0.2, 0.25) is 0 Å². The van der Waals surface area contributed by atoms with Crippen molar-refractivity contribution >= 4 is 0 Å². The quantitative estimate of drug-likeness (QED) is 0.841. The first-order valence-corrected chi connectivity index (χ1v) is 6.22. The van der Waals surface area contributed by atoms with Crippen molar-refractivity contribution in [2.75, 3.05) is 20.6 Å². The monoisotopic (exact) mass is 256 g/mol. The smallest absolute Gasteiger partial charge is 0.159 e. The second-order valence-corrected chi connectivity index (χ2v) is 5.24. The first kappa shape index (κ1) is 15.1. The summed E-state index contributed by atoms with van der Waals surface area (Å²) in [5.41, 5.74) is 0.762. The summed E-state index contributed by atoms with van der Waals surface area (Å²) in [4.78, 5) is 2.11. The first-order valence-electron chi connectivity index (χ1n) is 6.22. The van der Waals surface area contributed by atoms with Gasteiger partial charge < -0.3 is 10.2 Å². The summed E-state index contributed by atoms with van der Waals surface area (Å²) in [7, 11) is 4.04. The van der Waals surface area contributed by atoms with E-state index < -0.39 is 11.6 Å². The lowest BCUT2D eigenvalue weighted by Gasteiger charge is -2.25. The van der Waals surface area contributed by atoms with Crippen LogP contribution in [0.4, 0.5) is 8.78 Å². The Morgan fingerprint density at radius 2 is 1.83 bits per heavy atom. The molecule has 1 aromatic carbocycles. The van der Waals surface area contributed by atoms with Gasteiger partial charge in [-0.3, -0.25) is 0 Å². The van der Waals surface area contributed by atoms with Crippen LogP contribution in [0.3, 0.4) is 0 Å². The zero-order valence-electron chi connectivity index (χ0n) is 11.5. The number of hydrogen-bond donors (Lipinski definition) is 1. The zero-order valence-corrected chi connectivity index (χ0v) is 11.5. The van der Waals surface area contributed by atoms with Crippen molar-refractivity contribution < 1.29 is 8.78 Å². The third-order valence-corrected chi connectivity index (χ3v) is 2.92. The fourth-order valence-corrected chi connectivity index (χ4v) is 1.80. The summed E-state index contributed by atoms with van der Waals surface area (Å²) in [6.07, 6.45) is 0. The van der Waals surface area contributed by atoms with Gasteiger partial charge in [0.1, 0.15) is 0 Å². The molecule has 1 atom stereocenters. The number of benzene rings is 1. The van der Waals surface area contributed by atoms with Crippen LogP contribution in [-0.4, -0.2) is 31.6 Å². The number of hydrogen-bond acceptors (Lipinski definition) is 2. The molecule has 0 aliphatic rings. The molecule has 0 bridgehead atoms. The standard InChI is InChI=1S/C14H22F2N2/c1-10(2)14(9-18(3)4)17-8-11-5-6-12(15)13(16)7-11/h5-7,10,14,17H,8-9H2,1-4H3. The van der Waals surface area contributed by atoms with Gasteiger partial charge in [-0.05, 0) is 37.7 Å². The summed E-state index contributed by atoms with van der Waals surface area (Å²) in [6.45, 7) is 5.76.